The topological polar surface area (TPSA) is 39.7 Å². The smallest absolute Gasteiger partial charge is 0.164 e. The van der Waals surface area contributed by atoms with Gasteiger partial charge in [-0.2, -0.15) is 0 Å². The van der Waals surface area contributed by atoms with Crippen molar-refractivity contribution in [1.29, 1.82) is 0 Å². The molecule has 4 nitrogen and oxygen atoms in total. The summed E-state index contributed by atoms with van der Waals surface area (Å²) in [7, 11) is 3.23. The fourth-order valence-electron chi connectivity index (χ4n) is 2.30. The molecule has 1 aliphatic heterocycles. The number of ether oxygens (including phenoxy) is 3. The highest BCUT2D eigenvalue weighted by atomic mass is 35.5. The zero-order valence-corrected chi connectivity index (χ0v) is 11.6. The molecule has 0 radical (unpaired) electrons. The van der Waals surface area contributed by atoms with Crippen LogP contribution < -0.4 is 14.8 Å². The van der Waals surface area contributed by atoms with Gasteiger partial charge >= 0.3 is 0 Å². The van der Waals surface area contributed by atoms with Gasteiger partial charge in [0, 0.05) is 30.3 Å². The molecule has 0 aromatic heterocycles. The van der Waals surface area contributed by atoms with Gasteiger partial charge in [0.15, 0.2) is 11.5 Å². The molecule has 1 unspecified atom stereocenters. The van der Waals surface area contributed by atoms with Crippen molar-refractivity contribution in [2.45, 2.75) is 13.0 Å². The zero-order valence-electron chi connectivity index (χ0n) is 10.9. The summed E-state index contributed by atoms with van der Waals surface area (Å²) in [5, 5.41) is 3.95. The van der Waals surface area contributed by atoms with Crippen LogP contribution in [0.4, 0.5) is 0 Å². The van der Waals surface area contributed by atoms with E-state index < -0.39 is 0 Å². The van der Waals surface area contributed by atoms with Crippen LogP contribution in [0.3, 0.4) is 0 Å². The van der Waals surface area contributed by atoms with E-state index in [0.29, 0.717) is 23.1 Å². The summed E-state index contributed by atoms with van der Waals surface area (Å²) in [6, 6.07) is 1.78. The van der Waals surface area contributed by atoms with Gasteiger partial charge in [-0.1, -0.05) is 11.6 Å². The number of nitrogens with one attached hydrogen (secondary N) is 1. The van der Waals surface area contributed by atoms with E-state index >= 15 is 0 Å². The van der Waals surface area contributed by atoms with Gasteiger partial charge in [0.05, 0.1) is 32.0 Å². The molecule has 100 valence electrons. The Hall–Kier alpha value is -0.970. The van der Waals surface area contributed by atoms with Gasteiger partial charge in [-0.3, -0.25) is 0 Å². The van der Waals surface area contributed by atoms with Gasteiger partial charge in [-0.25, -0.2) is 0 Å². The minimum absolute atomic E-state index is 0.0361. The molecular formula is C13H18ClNO3. The van der Waals surface area contributed by atoms with Crippen LogP contribution in [-0.4, -0.2) is 33.9 Å². The zero-order chi connectivity index (χ0) is 13.1. The molecular weight excluding hydrogens is 254 g/mol. The highest BCUT2D eigenvalue weighted by Gasteiger charge is 2.24. The number of hydrogen-bond acceptors (Lipinski definition) is 4. The second kappa shape index (κ2) is 5.78. The predicted molar refractivity (Wildman–Crippen MR) is 70.9 cm³/mol. The van der Waals surface area contributed by atoms with Crippen LogP contribution in [0.2, 0.25) is 5.02 Å². The fraction of sp³-hybridized carbons (Fsp3) is 0.538. The maximum Gasteiger partial charge on any atom is 0.164 e. The lowest BCUT2D eigenvalue weighted by atomic mass is 10.0. The number of hydrogen-bond donors (Lipinski definition) is 1. The van der Waals surface area contributed by atoms with E-state index in [1.165, 1.54) is 0 Å². The van der Waals surface area contributed by atoms with Crippen LogP contribution in [0, 0.1) is 6.92 Å². The summed E-state index contributed by atoms with van der Waals surface area (Å²) >= 11 is 6.33. The van der Waals surface area contributed by atoms with Crippen molar-refractivity contribution in [2.24, 2.45) is 0 Å². The highest BCUT2D eigenvalue weighted by molar-refractivity contribution is 6.31. The first-order chi connectivity index (χ1) is 8.69. The molecule has 0 aliphatic carbocycles. The lowest BCUT2D eigenvalue weighted by Gasteiger charge is -2.27. The third-order valence-electron chi connectivity index (χ3n) is 3.16. The van der Waals surface area contributed by atoms with Crippen LogP contribution in [0.5, 0.6) is 11.5 Å². The second-order valence-corrected chi connectivity index (χ2v) is 4.60. The number of benzene rings is 1. The SMILES string of the molecule is COc1cc(Cl)c(C2CNCCO2)c(C)c1OC. The Kier molecular flexibility index (Phi) is 4.32. The van der Waals surface area contributed by atoms with E-state index in [1.54, 1.807) is 20.3 Å². The molecule has 1 aromatic rings. The molecule has 0 bridgehead atoms. The van der Waals surface area contributed by atoms with Crippen LogP contribution in [0.25, 0.3) is 0 Å². The van der Waals surface area contributed by atoms with Crippen LogP contribution in [0.1, 0.15) is 17.2 Å². The van der Waals surface area contributed by atoms with E-state index in [2.05, 4.69) is 5.32 Å². The quantitative estimate of drug-likeness (QED) is 0.916. The summed E-state index contributed by atoms with van der Waals surface area (Å²) in [6.45, 7) is 4.30. The second-order valence-electron chi connectivity index (χ2n) is 4.20. The van der Waals surface area contributed by atoms with Gasteiger partial charge in [0.25, 0.3) is 0 Å². The lowest BCUT2D eigenvalue weighted by molar-refractivity contribution is 0.0272. The first-order valence-corrected chi connectivity index (χ1v) is 6.30. The molecule has 0 saturated carbocycles. The van der Waals surface area contributed by atoms with Gasteiger partial charge in [0.2, 0.25) is 0 Å². The molecule has 1 aliphatic rings. The average Bonchev–Trinajstić information content (AvgIpc) is 2.39. The standard InChI is InChI=1S/C13H18ClNO3/c1-8-12(11-7-15-4-5-18-11)9(14)6-10(16-2)13(8)17-3/h6,11,15H,4-5,7H2,1-3H3. The Balaban J connectivity index is 2.46. The number of halogens is 1. The minimum Gasteiger partial charge on any atom is -0.493 e. The number of methoxy groups -OCH3 is 2. The third-order valence-corrected chi connectivity index (χ3v) is 3.47. The maximum atomic E-state index is 6.33. The Morgan fingerprint density at radius 1 is 1.39 bits per heavy atom. The van der Waals surface area contributed by atoms with Crippen molar-refractivity contribution < 1.29 is 14.2 Å². The van der Waals surface area contributed by atoms with Crippen LogP contribution >= 0.6 is 11.6 Å². The molecule has 0 spiro atoms. The Morgan fingerprint density at radius 3 is 2.72 bits per heavy atom. The molecule has 1 saturated heterocycles. The number of rotatable bonds is 3. The van der Waals surface area contributed by atoms with E-state index in [0.717, 1.165) is 24.2 Å². The molecule has 1 atom stereocenters. The van der Waals surface area contributed by atoms with Crippen molar-refractivity contribution >= 4 is 11.6 Å². The van der Waals surface area contributed by atoms with E-state index in [4.69, 9.17) is 25.8 Å². The van der Waals surface area contributed by atoms with Crippen molar-refractivity contribution in [3.63, 3.8) is 0 Å². The minimum atomic E-state index is -0.0361. The Labute approximate surface area is 112 Å². The normalized spacial score (nSPS) is 19.7. The fourth-order valence-corrected chi connectivity index (χ4v) is 2.66. The molecule has 1 aromatic carbocycles. The van der Waals surface area contributed by atoms with Gasteiger partial charge in [-0.15, -0.1) is 0 Å². The molecule has 2 rings (SSSR count). The molecule has 0 amide bonds. The largest absolute Gasteiger partial charge is 0.493 e. The highest BCUT2D eigenvalue weighted by Crippen LogP contribution is 2.41. The Bertz CT molecular complexity index is 431. The number of morpholine rings is 1. The molecule has 1 heterocycles. The van der Waals surface area contributed by atoms with Gasteiger partial charge < -0.3 is 19.5 Å². The van der Waals surface area contributed by atoms with Gasteiger partial charge in [0.1, 0.15) is 0 Å². The summed E-state index contributed by atoms with van der Waals surface area (Å²) in [4.78, 5) is 0. The van der Waals surface area contributed by atoms with E-state index in [1.807, 2.05) is 6.92 Å². The Morgan fingerprint density at radius 2 is 2.17 bits per heavy atom. The summed E-state index contributed by atoms with van der Waals surface area (Å²) < 4.78 is 16.4. The predicted octanol–water partition coefficient (Wildman–Crippen LogP) is 2.33. The van der Waals surface area contributed by atoms with Crippen molar-refractivity contribution in [3.05, 3.63) is 22.2 Å². The van der Waals surface area contributed by atoms with Crippen LogP contribution in [0.15, 0.2) is 6.07 Å². The third kappa shape index (κ3) is 2.41. The molecule has 5 heteroatoms. The average molecular weight is 272 g/mol. The monoisotopic (exact) mass is 271 g/mol. The first-order valence-electron chi connectivity index (χ1n) is 5.92. The summed E-state index contributed by atoms with van der Waals surface area (Å²) in [5.74, 6) is 1.36. The van der Waals surface area contributed by atoms with E-state index in [-0.39, 0.29) is 6.10 Å². The summed E-state index contributed by atoms with van der Waals surface area (Å²) in [6.07, 6.45) is -0.0361. The first kappa shape index (κ1) is 13.5. The molecule has 18 heavy (non-hydrogen) atoms. The van der Waals surface area contributed by atoms with Gasteiger partial charge in [-0.05, 0) is 6.92 Å². The molecule has 1 fully saturated rings. The van der Waals surface area contributed by atoms with E-state index in [9.17, 15) is 0 Å². The van der Waals surface area contributed by atoms with Crippen molar-refractivity contribution in [3.8, 4) is 11.5 Å². The molecule has 1 N–H and O–H groups in total. The van der Waals surface area contributed by atoms with Crippen molar-refractivity contribution in [1.82, 2.24) is 5.32 Å². The maximum absolute atomic E-state index is 6.33. The van der Waals surface area contributed by atoms with Crippen LogP contribution in [-0.2, 0) is 4.74 Å². The summed E-state index contributed by atoms with van der Waals surface area (Å²) in [5.41, 5.74) is 1.94. The van der Waals surface area contributed by atoms with Crippen molar-refractivity contribution in [2.75, 3.05) is 33.9 Å². The lowest BCUT2D eigenvalue weighted by Crippen LogP contribution is -2.33.